The van der Waals surface area contributed by atoms with E-state index < -0.39 is 0 Å². The Bertz CT molecular complexity index is 617. The first-order valence-electron chi connectivity index (χ1n) is 7.11. The standard InChI is InChI=1S/C15H19N3OS/c1-11-5-6-13-12(9-11)17-15(20-13)16-10-14(19)18-7-3-2-4-8-18/h5-6,9H,2-4,7-8,10H2,1H3,(H,16,17). The van der Waals surface area contributed by atoms with Gasteiger partial charge in [0.25, 0.3) is 0 Å². The molecule has 4 nitrogen and oxygen atoms in total. The van der Waals surface area contributed by atoms with Crippen LogP contribution < -0.4 is 5.32 Å². The highest BCUT2D eigenvalue weighted by atomic mass is 32.1. The highest BCUT2D eigenvalue weighted by Gasteiger charge is 2.16. The summed E-state index contributed by atoms with van der Waals surface area (Å²) in [7, 11) is 0. The molecular formula is C15H19N3OS. The van der Waals surface area contributed by atoms with E-state index >= 15 is 0 Å². The van der Waals surface area contributed by atoms with Gasteiger partial charge in [-0.25, -0.2) is 4.98 Å². The van der Waals surface area contributed by atoms with Gasteiger partial charge in [-0.05, 0) is 43.9 Å². The van der Waals surface area contributed by atoms with Gasteiger partial charge in [0.05, 0.1) is 16.8 Å². The van der Waals surface area contributed by atoms with Gasteiger partial charge in [-0.1, -0.05) is 17.4 Å². The first kappa shape index (κ1) is 13.4. The number of hydrogen-bond acceptors (Lipinski definition) is 4. The molecule has 0 aliphatic carbocycles. The second kappa shape index (κ2) is 5.79. The van der Waals surface area contributed by atoms with Gasteiger partial charge in [0.15, 0.2) is 5.13 Å². The van der Waals surface area contributed by atoms with Crippen molar-refractivity contribution in [3.05, 3.63) is 23.8 Å². The zero-order chi connectivity index (χ0) is 13.9. The molecule has 1 saturated heterocycles. The number of benzene rings is 1. The van der Waals surface area contributed by atoms with Crippen molar-refractivity contribution in [3.8, 4) is 0 Å². The third-order valence-corrected chi connectivity index (χ3v) is 4.64. The molecule has 2 aromatic rings. The average molecular weight is 289 g/mol. The van der Waals surface area contributed by atoms with Crippen molar-refractivity contribution in [2.24, 2.45) is 0 Å². The van der Waals surface area contributed by atoms with E-state index in [0.29, 0.717) is 6.54 Å². The minimum absolute atomic E-state index is 0.181. The number of nitrogens with one attached hydrogen (secondary N) is 1. The van der Waals surface area contributed by atoms with Crippen LogP contribution in [0.1, 0.15) is 24.8 Å². The predicted molar refractivity (Wildman–Crippen MR) is 83.3 cm³/mol. The summed E-state index contributed by atoms with van der Waals surface area (Å²) in [6.07, 6.45) is 3.51. The number of aromatic nitrogens is 1. The van der Waals surface area contributed by atoms with Crippen LogP contribution in [0.2, 0.25) is 0 Å². The molecule has 0 bridgehead atoms. The van der Waals surface area contributed by atoms with Crippen molar-refractivity contribution in [2.45, 2.75) is 26.2 Å². The fraction of sp³-hybridized carbons (Fsp3) is 0.467. The number of piperidine rings is 1. The maximum Gasteiger partial charge on any atom is 0.241 e. The fourth-order valence-corrected chi connectivity index (χ4v) is 3.36. The monoisotopic (exact) mass is 289 g/mol. The molecule has 1 aromatic carbocycles. The Labute approximate surface area is 122 Å². The number of carbonyl (C=O) groups is 1. The number of aryl methyl sites for hydroxylation is 1. The lowest BCUT2D eigenvalue weighted by atomic mass is 10.1. The van der Waals surface area contributed by atoms with Crippen LogP contribution in [0.15, 0.2) is 18.2 Å². The lowest BCUT2D eigenvalue weighted by Crippen LogP contribution is -2.39. The number of thiazole rings is 1. The summed E-state index contributed by atoms with van der Waals surface area (Å²) in [5.41, 5.74) is 2.21. The van der Waals surface area contributed by atoms with Crippen LogP contribution >= 0.6 is 11.3 Å². The Balaban J connectivity index is 1.63. The van der Waals surface area contributed by atoms with E-state index in [2.05, 4.69) is 35.4 Å². The molecule has 1 aliphatic heterocycles. The van der Waals surface area contributed by atoms with E-state index in [0.717, 1.165) is 41.3 Å². The molecular weight excluding hydrogens is 270 g/mol. The quantitative estimate of drug-likeness (QED) is 0.944. The number of carbonyl (C=O) groups excluding carboxylic acids is 1. The van der Waals surface area contributed by atoms with Crippen molar-refractivity contribution in [1.82, 2.24) is 9.88 Å². The van der Waals surface area contributed by atoms with Gasteiger partial charge in [0, 0.05) is 13.1 Å². The van der Waals surface area contributed by atoms with Crippen LogP contribution in [0.25, 0.3) is 10.2 Å². The summed E-state index contributed by atoms with van der Waals surface area (Å²) < 4.78 is 1.16. The Morgan fingerprint density at radius 1 is 1.35 bits per heavy atom. The van der Waals surface area contributed by atoms with Crippen molar-refractivity contribution < 1.29 is 4.79 Å². The highest BCUT2D eigenvalue weighted by Crippen LogP contribution is 2.26. The summed E-state index contributed by atoms with van der Waals surface area (Å²) in [6.45, 7) is 4.21. The highest BCUT2D eigenvalue weighted by molar-refractivity contribution is 7.22. The van der Waals surface area contributed by atoms with Crippen molar-refractivity contribution in [1.29, 1.82) is 0 Å². The fourth-order valence-electron chi connectivity index (χ4n) is 2.52. The smallest absolute Gasteiger partial charge is 0.241 e. The van der Waals surface area contributed by atoms with Crippen LogP contribution in [0.4, 0.5) is 5.13 Å². The van der Waals surface area contributed by atoms with Crippen LogP contribution in [0.3, 0.4) is 0 Å². The van der Waals surface area contributed by atoms with E-state index in [1.165, 1.54) is 12.0 Å². The van der Waals surface area contributed by atoms with Crippen LogP contribution in [0, 0.1) is 6.92 Å². The van der Waals surface area contributed by atoms with E-state index in [-0.39, 0.29) is 5.91 Å². The van der Waals surface area contributed by atoms with Crippen LogP contribution in [-0.2, 0) is 4.79 Å². The summed E-state index contributed by atoms with van der Waals surface area (Å²) in [6, 6.07) is 6.24. The minimum atomic E-state index is 0.181. The molecule has 0 atom stereocenters. The van der Waals surface area contributed by atoms with Crippen molar-refractivity contribution >= 4 is 32.6 Å². The van der Waals surface area contributed by atoms with Crippen molar-refractivity contribution in [3.63, 3.8) is 0 Å². The van der Waals surface area contributed by atoms with E-state index in [4.69, 9.17) is 0 Å². The van der Waals surface area contributed by atoms with Crippen molar-refractivity contribution in [2.75, 3.05) is 25.0 Å². The molecule has 106 valence electrons. The lowest BCUT2D eigenvalue weighted by Gasteiger charge is -2.26. The first-order valence-corrected chi connectivity index (χ1v) is 7.93. The third-order valence-electron chi connectivity index (χ3n) is 3.64. The van der Waals surface area contributed by atoms with E-state index in [1.807, 2.05) is 4.90 Å². The summed E-state index contributed by atoms with van der Waals surface area (Å²) >= 11 is 1.60. The molecule has 1 N–H and O–H groups in total. The normalized spacial score (nSPS) is 15.6. The predicted octanol–water partition coefficient (Wildman–Crippen LogP) is 3.03. The van der Waals surface area contributed by atoms with Gasteiger partial charge in [-0.2, -0.15) is 0 Å². The van der Waals surface area contributed by atoms with Gasteiger partial charge in [0.2, 0.25) is 5.91 Å². The van der Waals surface area contributed by atoms with Gasteiger partial charge >= 0.3 is 0 Å². The Morgan fingerprint density at radius 3 is 2.95 bits per heavy atom. The van der Waals surface area contributed by atoms with E-state index in [9.17, 15) is 4.79 Å². The molecule has 5 heteroatoms. The SMILES string of the molecule is Cc1ccc2sc(NCC(=O)N3CCCCC3)nc2c1. The number of amides is 1. The number of anilines is 1. The molecule has 0 unspecified atom stereocenters. The molecule has 20 heavy (non-hydrogen) atoms. The molecule has 1 amide bonds. The zero-order valence-electron chi connectivity index (χ0n) is 11.7. The molecule has 0 spiro atoms. The second-order valence-corrected chi connectivity index (χ2v) is 6.32. The lowest BCUT2D eigenvalue weighted by molar-refractivity contribution is -0.130. The molecule has 0 radical (unpaired) electrons. The van der Waals surface area contributed by atoms with Gasteiger partial charge in [0.1, 0.15) is 0 Å². The average Bonchev–Trinajstić information content (AvgIpc) is 2.87. The maximum atomic E-state index is 12.1. The topological polar surface area (TPSA) is 45.2 Å². The number of hydrogen-bond donors (Lipinski definition) is 1. The molecule has 3 rings (SSSR count). The summed E-state index contributed by atoms with van der Waals surface area (Å²) in [5.74, 6) is 0.181. The molecule has 2 heterocycles. The number of rotatable bonds is 3. The summed E-state index contributed by atoms with van der Waals surface area (Å²) in [5, 5.41) is 4.00. The number of likely N-dealkylation sites (tertiary alicyclic amines) is 1. The van der Waals surface area contributed by atoms with Crippen LogP contribution in [0.5, 0.6) is 0 Å². The second-order valence-electron chi connectivity index (χ2n) is 5.29. The Hall–Kier alpha value is -1.62. The number of fused-ring (bicyclic) bond motifs is 1. The van der Waals surface area contributed by atoms with E-state index in [1.54, 1.807) is 11.3 Å². The Kier molecular flexibility index (Phi) is 3.87. The van der Waals surface area contributed by atoms with Gasteiger partial charge in [-0.3, -0.25) is 4.79 Å². The maximum absolute atomic E-state index is 12.1. The van der Waals surface area contributed by atoms with Crippen LogP contribution in [-0.4, -0.2) is 35.4 Å². The van der Waals surface area contributed by atoms with Gasteiger partial charge in [-0.15, -0.1) is 0 Å². The van der Waals surface area contributed by atoms with Gasteiger partial charge < -0.3 is 10.2 Å². The molecule has 1 aliphatic rings. The number of nitrogens with zero attached hydrogens (tertiary/aromatic N) is 2. The first-order chi connectivity index (χ1) is 9.72. The largest absolute Gasteiger partial charge is 0.352 e. The Morgan fingerprint density at radius 2 is 2.15 bits per heavy atom. The molecule has 0 saturated carbocycles. The third kappa shape index (κ3) is 2.93. The minimum Gasteiger partial charge on any atom is -0.352 e. The summed E-state index contributed by atoms with van der Waals surface area (Å²) in [4.78, 5) is 18.6. The molecule has 1 aromatic heterocycles. The zero-order valence-corrected chi connectivity index (χ0v) is 12.5. The molecule has 1 fully saturated rings.